The summed E-state index contributed by atoms with van der Waals surface area (Å²) >= 11 is 0. The molecule has 0 heterocycles. The van der Waals surface area contributed by atoms with Gasteiger partial charge in [0.25, 0.3) is 0 Å². The van der Waals surface area contributed by atoms with Crippen LogP contribution in [0.3, 0.4) is 0 Å². The molecule has 0 amide bonds. The second kappa shape index (κ2) is 6.66. The van der Waals surface area contributed by atoms with Crippen molar-refractivity contribution in [2.24, 2.45) is 11.8 Å². The maximum Gasteiger partial charge on any atom is 0.174 e. The lowest BCUT2D eigenvalue weighted by atomic mass is 9.75. The van der Waals surface area contributed by atoms with Crippen LogP contribution in [0.2, 0.25) is 0 Å². The molecule has 23 heavy (non-hydrogen) atoms. The number of Topliss-reactive ketones (excluding diaryl/α,β-unsaturated/α-hetero) is 2. The van der Waals surface area contributed by atoms with Crippen molar-refractivity contribution in [1.82, 2.24) is 0 Å². The maximum absolute atomic E-state index is 12.9. The lowest BCUT2D eigenvalue weighted by Gasteiger charge is -2.26. The fourth-order valence-electron chi connectivity index (χ4n) is 3.77. The molecule has 2 nitrogen and oxygen atoms in total. The van der Waals surface area contributed by atoms with Gasteiger partial charge in [0, 0.05) is 16.5 Å². The molecule has 0 saturated heterocycles. The molecule has 0 N–H and O–H groups in total. The Hall–Kier alpha value is -1.96. The molecule has 2 aromatic carbocycles. The first-order valence-electron chi connectivity index (χ1n) is 8.77. The topological polar surface area (TPSA) is 34.1 Å². The van der Waals surface area contributed by atoms with Crippen molar-refractivity contribution in [2.45, 2.75) is 46.0 Å². The number of hydrogen-bond donors (Lipinski definition) is 0. The van der Waals surface area contributed by atoms with Crippen molar-refractivity contribution in [1.29, 1.82) is 0 Å². The van der Waals surface area contributed by atoms with E-state index in [1.54, 1.807) is 0 Å². The first-order chi connectivity index (χ1) is 11.2. The Labute approximate surface area is 137 Å². The molecule has 0 aromatic heterocycles. The molecular formula is C21H24O2. The highest BCUT2D eigenvalue weighted by Crippen LogP contribution is 2.35. The van der Waals surface area contributed by atoms with E-state index in [9.17, 15) is 9.59 Å². The van der Waals surface area contributed by atoms with Gasteiger partial charge in [-0.2, -0.15) is 0 Å². The molecule has 0 radical (unpaired) electrons. The summed E-state index contributed by atoms with van der Waals surface area (Å²) in [6.07, 6.45) is 5.16. The largest absolute Gasteiger partial charge is 0.293 e. The van der Waals surface area contributed by atoms with Gasteiger partial charge in [-0.1, -0.05) is 75.9 Å². The molecule has 2 aromatic rings. The fraction of sp³-hybridized carbons (Fsp3) is 0.429. The summed E-state index contributed by atoms with van der Waals surface area (Å²) in [4.78, 5) is 25.8. The van der Waals surface area contributed by atoms with E-state index < -0.39 is 5.92 Å². The van der Waals surface area contributed by atoms with Gasteiger partial charge in [-0.15, -0.1) is 0 Å². The van der Waals surface area contributed by atoms with Crippen LogP contribution in [0.5, 0.6) is 0 Å². The van der Waals surface area contributed by atoms with Gasteiger partial charge in [0.2, 0.25) is 0 Å². The van der Waals surface area contributed by atoms with E-state index in [2.05, 4.69) is 13.8 Å². The van der Waals surface area contributed by atoms with Gasteiger partial charge in [-0.05, 0) is 17.7 Å². The van der Waals surface area contributed by atoms with Crippen molar-refractivity contribution in [3.8, 4) is 0 Å². The van der Waals surface area contributed by atoms with Crippen molar-refractivity contribution in [3.05, 3.63) is 47.5 Å². The van der Waals surface area contributed by atoms with E-state index in [0.717, 1.165) is 41.2 Å². The number of unbranched alkanes of at least 4 members (excludes halogenated alkanes) is 1. The quantitative estimate of drug-likeness (QED) is 0.666. The number of ketones is 2. The van der Waals surface area contributed by atoms with Crippen LogP contribution in [0, 0.1) is 11.8 Å². The summed E-state index contributed by atoms with van der Waals surface area (Å²) in [5.41, 5.74) is 1.46. The number of carbonyl (C=O) groups excluding carboxylic acids is 2. The van der Waals surface area contributed by atoms with Gasteiger partial charge >= 0.3 is 0 Å². The van der Waals surface area contributed by atoms with E-state index in [1.807, 2.05) is 36.4 Å². The molecular weight excluding hydrogens is 284 g/mol. The average molecular weight is 308 g/mol. The first kappa shape index (κ1) is 15.9. The number of carbonyl (C=O) groups is 2. The standard InChI is InChI=1S/C21H24O2/c1-3-5-8-14(4-2)13-18-20(22)16-11-6-9-15-10-7-12-17(19(15)16)21(18)23/h6-7,9-12,14,18H,3-5,8,13H2,1-2H3. The molecule has 0 bridgehead atoms. The van der Waals surface area contributed by atoms with Crippen molar-refractivity contribution in [3.63, 3.8) is 0 Å². The summed E-state index contributed by atoms with van der Waals surface area (Å²) < 4.78 is 0. The van der Waals surface area contributed by atoms with Crippen molar-refractivity contribution in [2.75, 3.05) is 0 Å². The van der Waals surface area contributed by atoms with Crippen LogP contribution in [0.1, 0.15) is 66.7 Å². The highest BCUT2D eigenvalue weighted by Gasteiger charge is 2.36. The average Bonchev–Trinajstić information content (AvgIpc) is 2.59. The fourth-order valence-corrected chi connectivity index (χ4v) is 3.77. The zero-order valence-electron chi connectivity index (χ0n) is 14.0. The van der Waals surface area contributed by atoms with Gasteiger partial charge in [0.05, 0.1) is 5.92 Å². The van der Waals surface area contributed by atoms with Crippen molar-refractivity contribution < 1.29 is 9.59 Å². The minimum Gasteiger partial charge on any atom is -0.293 e. The van der Waals surface area contributed by atoms with Crippen LogP contribution < -0.4 is 0 Å². The normalized spacial score (nSPS) is 16.1. The maximum atomic E-state index is 12.9. The molecule has 1 aliphatic rings. The second-order valence-corrected chi connectivity index (χ2v) is 6.64. The summed E-state index contributed by atoms with van der Waals surface area (Å²) in [5, 5.41) is 1.83. The van der Waals surface area contributed by atoms with E-state index in [0.29, 0.717) is 12.3 Å². The Bertz CT molecular complexity index is 694. The summed E-state index contributed by atoms with van der Waals surface area (Å²) in [5.74, 6) is 0.0121. The molecule has 0 fully saturated rings. The van der Waals surface area contributed by atoms with E-state index in [4.69, 9.17) is 0 Å². The number of rotatable bonds is 6. The lowest BCUT2D eigenvalue weighted by molar-refractivity contribution is 0.0775. The number of hydrogen-bond acceptors (Lipinski definition) is 2. The molecule has 0 spiro atoms. The van der Waals surface area contributed by atoms with E-state index >= 15 is 0 Å². The SMILES string of the molecule is CCCCC(CC)CC1C(=O)c2cccc3cccc(c23)C1=O. The minimum absolute atomic E-state index is 0.0225. The van der Waals surface area contributed by atoms with Crippen LogP contribution in [0.15, 0.2) is 36.4 Å². The molecule has 1 atom stereocenters. The van der Waals surface area contributed by atoms with Crippen molar-refractivity contribution >= 4 is 22.3 Å². The van der Waals surface area contributed by atoms with E-state index in [-0.39, 0.29) is 11.6 Å². The molecule has 1 unspecified atom stereocenters. The van der Waals surface area contributed by atoms with Crippen LogP contribution in [0.25, 0.3) is 10.8 Å². The summed E-state index contributed by atoms with van der Waals surface area (Å²) in [7, 11) is 0. The monoisotopic (exact) mass is 308 g/mol. The van der Waals surface area contributed by atoms with Crippen LogP contribution >= 0.6 is 0 Å². The van der Waals surface area contributed by atoms with Crippen LogP contribution in [-0.4, -0.2) is 11.6 Å². The third-order valence-electron chi connectivity index (χ3n) is 5.18. The van der Waals surface area contributed by atoms with Gasteiger partial charge in [-0.25, -0.2) is 0 Å². The Morgan fingerprint density at radius 2 is 1.57 bits per heavy atom. The second-order valence-electron chi connectivity index (χ2n) is 6.64. The highest BCUT2D eigenvalue weighted by atomic mass is 16.2. The molecule has 3 rings (SSSR count). The summed E-state index contributed by atoms with van der Waals surface area (Å²) in [6, 6.07) is 11.5. The lowest BCUT2D eigenvalue weighted by Crippen LogP contribution is -2.31. The zero-order valence-corrected chi connectivity index (χ0v) is 14.0. The van der Waals surface area contributed by atoms with Gasteiger partial charge in [-0.3, -0.25) is 9.59 Å². The van der Waals surface area contributed by atoms with Crippen LogP contribution in [-0.2, 0) is 0 Å². The van der Waals surface area contributed by atoms with Gasteiger partial charge in [0.1, 0.15) is 0 Å². The predicted octanol–water partition coefficient (Wildman–Crippen LogP) is 5.44. The molecule has 2 heteroatoms. The third-order valence-corrected chi connectivity index (χ3v) is 5.18. The Morgan fingerprint density at radius 3 is 2.09 bits per heavy atom. The van der Waals surface area contributed by atoms with Gasteiger partial charge in [0.15, 0.2) is 11.6 Å². The van der Waals surface area contributed by atoms with Gasteiger partial charge < -0.3 is 0 Å². The Kier molecular flexibility index (Phi) is 4.61. The Morgan fingerprint density at radius 1 is 0.957 bits per heavy atom. The molecule has 1 aliphatic carbocycles. The number of benzene rings is 2. The third kappa shape index (κ3) is 2.83. The molecule has 120 valence electrons. The Balaban J connectivity index is 1.97. The highest BCUT2D eigenvalue weighted by molar-refractivity contribution is 6.29. The first-order valence-corrected chi connectivity index (χ1v) is 8.77. The van der Waals surface area contributed by atoms with E-state index in [1.165, 1.54) is 6.42 Å². The van der Waals surface area contributed by atoms with Crippen LogP contribution in [0.4, 0.5) is 0 Å². The minimum atomic E-state index is -0.489. The molecule has 0 saturated carbocycles. The smallest absolute Gasteiger partial charge is 0.174 e. The zero-order chi connectivity index (χ0) is 16.4. The summed E-state index contributed by atoms with van der Waals surface area (Å²) in [6.45, 7) is 4.34. The molecule has 0 aliphatic heterocycles. The predicted molar refractivity (Wildman–Crippen MR) is 94.0 cm³/mol.